The summed E-state index contributed by atoms with van der Waals surface area (Å²) in [6.45, 7) is 6.51. The van der Waals surface area contributed by atoms with Crippen LogP contribution in [-0.2, 0) is 9.59 Å². The van der Waals surface area contributed by atoms with Gasteiger partial charge < -0.3 is 17.4 Å². The fourth-order valence-corrected chi connectivity index (χ4v) is 0.285. The molecule has 6 heteroatoms. The van der Waals surface area contributed by atoms with Crippen LogP contribution in [0.15, 0.2) is 12.7 Å². The van der Waals surface area contributed by atoms with Crippen molar-refractivity contribution in [1.82, 2.24) is 0 Å². The Hall–Kier alpha value is -0.360. The summed E-state index contributed by atoms with van der Waals surface area (Å²) in [5, 5.41) is 15.8. The van der Waals surface area contributed by atoms with E-state index in [0.29, 0.717) is 0 Å². The molecule has 0 aromatic rings. The van der Waals surface area contributed by atoms with Gasteiger partial charge >= 0.3 is 41.5 Å². The Bertz CT molecular complexity index is 199. The summed E-state index contributed by atoms with van der Waals surface area (Å²) < 4.78 is 0. The number of nitrogens with two attached hydrogens (primary N) is 1. The molecule has 0 saturated heterocycles. The van der Waals surface area contributed by atoms with Crippen LogP contribution in [-0.4, -0.2) is 28.2 Å². The van der Waals surface area contributed by atoms with Crippen molar-refractivity contribution in [1.29, 1.82) is 0 Å². The number of hydrogen-bond acceptors (Lipinski definition) is 3. The minimum Gasteiger partial charge on any atom is -1.00 e. The largest absolute Gasteiger partial charge is 1.00 e. The normalized spacial score (nSPS) is 10.3. The number of hydrogen-bond donors (Lipinski definition) is 3. The Balaban J connectivity index is -0.0000000770. The van der Waals surface area contributed by atoms with Gasteiger partial charge in [0.2, 0.25) is 0 Å². The van der Waals surface area contributed by atoms with Crippen LogP contribution in [0, 0.1) is 5.92 Å². The van der Waals surface area contributed by atoms with E-state index in [9.17, 15) is 9.59 Å². The Morgan fingerprint density at radius 3 is 1.71 bits per heavy atom. The fraction of sp³-hybridized carbons (Fsp3) is 0.500. The van der Waals surface area contributed by atoms with E-state index in [-0.39, 0.29) is 36.9 Å². The van der Waals surface area contributed by atoms with Gasteiger partial charge in [0.05, 0.1) is 0 Å². The number of rotatable bonds is 3. The predicted molar refractivity (Wildman–Crippen MR) is 49.4 cm³/mol. The third kappa shape index (κ3) is 14.2. The smallest absolute Gasteiger partial charge is 1.00 e. The Morgan fingerprint density at radius 2 is 1.71 bits per heavy atom. The molecule has 4 N–H and O–H groups in total. The number of carboxylic acids is 2. The molecule has 0 radical (unpaired) electrons. The molecule has 1 atom stereocenters. The minimum atomic E-state index is -0.981. The Kier molecular flexibility index (Phi) is 14.7. The molecule has 0 fully saturated rings. The van der Waals surface area contributed by atoms with Crippen molar-refractivity contribution in [2.24, 2.45) is 11.7 Å². The molecular weight excluding hydrogens is 197 g/mol. The molecule has 5 nitrogen and oxygen atoms in total. The molecule has 0 aliphatic heterocycles. The van der Waals surface area contributed by atoms with Crippen LogP contribution < -0.4 is 35.3 Å². The summed E-state index contributed by atoms with van der Waals surface area (Å²) in [7, 11) is 0. The first kappa shape index (κ1) is 19.2. The molecule has 0 unspecified atom stereocenters. The van der Waals surface area contributed by atoms with Gasteiger partial charge in [0, 0.05) is 6.08 Å². The molecule has 0 amide bonds. The van der Waals surface area contributed by atoms with E-state index in [1.807, 2.05) is 0 Å². The van der Waals surface area contributed by atoms with Gasteiger partial charge in [-0.2, -0.15) is 0 Å². The maximum absolute atomic E-state index is 10.0. The van der Waals surface area contributed by atoms with Gasteiger partial charge in [-0.15, -0.1) is 0 Å². The molecular formula is C8H16NNaO4. The zero-order valence-electron chi connectivity index (χ0n) is 9.73. The molecule has 0 spiro atoms. The van der Waals surface area contributed by atoms with Crippen molar-refractivity contribution < 1.29 is 50.8 Å². The van der Waals surface area contributed by atoms with Gasteiger partial charge in [-0.25, -0.2) is 4.79 Å². The minimum absolute atomic E-state index is 0. The summed E-state index contributed by atoms with van der Waals surface area (Å²) in [5.74, 6) is -1.89. The van der Waals surface area contributed by atoms with Crippen LogP contribution in [0.1, 0.15) is 15.3 Å². The van der Waals surface area contributed by atoms with Gasteiger partial charge in [-0.3, -0.25) is 4.79 Å². The van der Waals surface area contributed by atoms with Crippen molar-refractivity contribution in [3.63, 3.8) is 0 Å². The Morgan fingerprint density at radius 1 is 1.43 bits per heavy atom. The van der Waals surface area contributed by atoms with Crippen molar-refractivity contribution >= 4 is 11.9 Å². The summed E-state index contributed by atoms with van der Waals surface area (Å²) in [6.07, 6.45) is 0.833. The molecule has 0 aromatic carbocycles. The fourth-order valence-electron chi connectivity index (χ4n) is 0.285. The maximum atomic E-state index is 10.0. The van der Waals surface area contributed by atoms with E-state index in [2.05, 4.69) is 6.58 Å². The van der Waals surface area contributed by atoms with Gasteiger partial charge in [0.25, 0.3) is 0 Å². The monoisotopic (exact) mass is 213 g/mol. The maximum Gasteiger partial charge on any atom is 1.00 e. The average Bonchev–Trinajstić information content (AvgIpc) is 2.03. The molecule has 0 aliphatic carbocycles. The van der Waals surface area contributed by atoms with E-state index in [4.69, 9.17) is 15.9 Å². The van der Waals surface area contributed by atoms with Crippen LogP contribution >= 0.6 is 0 Å². The quantitative estimate of drug-likeness (QED) is 0.353. The molecule has 0 heterocycles. The van der Waals surface area contributed by atoms with Gasteiger partial charge in [-0.05, 0) is 5.92 Å². The van der Waals surface area contributed by atoms with Crippen molar-refractivity contribution in [3.8, 4) is 0 Å². The summed E-state index contributed by atoms with van der Waals surface area (Å²) in [4.78, 5) is 19.3. The van der Waals surface area contributed by atoms with Crippen molar-refractivity contribution in [2.75, 3.05) is 0 Å². The SMILES string of the molecule is C=CC(=O)O.CC(C)[C@H](N)C(=O)O.[H-].[Na+]. The third-order valence-corrected chi connectivity index (χ3v) is 1.18. The van der Waals surface area contributed by atoms with Crippen LogP contribution in [0.3, 0.4) is 0 Å². The standard InChI is InChI=1S/C5H11NO2.C3H4O2.Na.H/c1-3(2)4(6)5(7)8;1-2-3(4)5;;/h3-4H,6H2,1-2H3,(H,7,8);2H,1H2,(H,4,5);;/q;;+1;-1/t4-;;;/m0.../s1. The summed E-state index contributed by atoms with van der Waals surface area (Å²) in [5.41, 5.74) is 5.16. The van der Waals surface area contributed by atoms with Crippen LogP contribution in [0.25, 0.3) is 0 Å². The first-order valence-electron chi connectivity index (χ1n) is 3.66. The molecule has 0 aromatic heterocycles. The van der Waals surface area contributed by atoms with Crippen molar-refractivity contribution in [2.45, 2.75) is 19.9 Å². The van der Waals surface area contributed by atoms with E-state index in [1.54, 1.807) is 13.8 Å². The molecule has 0 rings (SSSR count). The van der Waals surface area contributed by atoms with E-state index in [1.165, 1.54) is 0 Å². The second-order valence-electron chi connectivity index (χ2n) is 2.65. The topological polar surface area (TPSA) is 101 Å². The average molecular weight is 213 g/mol. The molecule has 78 valence electrons. The van der Waals surface area contributed by atoms with Gasteiger partial charge in [-0.1, -0.05) is 20.4 Å². The van der Waals surface area contributed by atoms with Gasteiger partial charge in [0.1, 0.15) is 6.04 Å². The first-order valence-corrected chi connectivity index (χ1v) is 3.66. The number of carboxylic acid groups (broad SMARTS) is 2. The number of aliphatic carboxylic acids is 2. The van der Waals surface area contributed by atoms with Crippen LogP contribution in [0.2, 0.25) is 0 Å². The first-order chi connectivity index (χ1) is 5.82. The van der Waals surface area contributed by atoms with Crippen LogP contribution in [0.4, 0.5) is 0 Å². The van der Waals surface area contributed by atoms with E-state index >= 15 is 0 Å². The molecule has 0 aliphatic rings. The summed E-state index contributed by atoms with van der Waals surface area (Å²) in [6, 6.07) is -0.713. The molecule has 0 saturated carbocycles. The zero-order valence-corrected chi connectivity index (χ0v) is 10.7. The Labute approximate surface area is 107 Å². The van der Waals surface area contributed by atoms with Gasteiger partial charge in [0.15, 0.2) is 0 Å². The van der Waals surface area contributed by atoms with E-state index < -0.39 is 18.0 Å². The predicted octanol–water partition coefficient (Wildman–Crippen LogP) is -2.57. The zero-order chi connectivity index (χ0) is 11.0. The third-order valence-electron chi connectivity index (χ3n) is 1.18. The molecule has 0 bridgehead atoms. The molecule has 14 heavy (non-hydrogen) atoms. The number of carbonyl (C=O) groups is 2. The second kappa shape index (κ2) is 10.7. The van der Waals surface area contributed by atoms with Crippen molar-refractivity contribution in [3.05, 3.63) is 12.7 Å². The second-order valence-corrected chi connectivity index (χ2v) is 2.65. The van der Waals surface area contributed by atoms with E-state index in [0.717, 1.165) is 6.08 Å². The van der Waals surface area contributed by atoms with Crippen LogP contribution in [0.5, 0.6) is 0 Å². The summed E-state index contributed by atoms with van der Waals surface area (Å²) >= 11 is 0.